The molecule has 2 aromatic heterocycles. The average molecular weight is 424 g/mol. The first kappa shape index (κ1) is 19.7. The van der Waals surface area contributed by atoms with Gasteiger partial charge in [0.25, 0.3) is 0 Å². The Morgan fingerprint density at radius 2 is 1.72 bits per heavy atom. The Morgan fingerprint density at radius 3 is 2.48 bits per heavy atom. The van der Waals surface area contributed by atoms with E-state index in [1.54, 1.807) is 11.3 Å². The molecule has 5 heteroatoms. The fraction of sp³-hybridized carbons (Fsp3) is 0.208. The van der Waals surface area contributed by atoms with Gasteiger partial charge in [0.05, 0.1) is 0 Å². The van der Waals surface area contributed by atoms with Gasteiger partial charge < -0.3 is 9.47 Å². The summed E-state index contributed by atoms with van der Waals surface area (Å²) >= 11 is 8.07. The van der Waals surface area contributed by atoms with Crippen LogP contribution >= 0.6 is 22.9 Å². The first-order chi connectivity index (χ1) is 14.1. The van der Waals surface area contributed by atoms with Crippen LogP contribution in [0.2, 0.25) is 5.15 Å². The van der Waals surface area contributed by atoms with Crippen molar-refractivity contribution in [2.75, 3.05) is 0 Å². The summed E-state index contributed by atoms with van der Waals surface area (Å²) in [5.41, 5.74) is 4.65. The van der Waals surface area contributed by atoms with E-state index in [1.165, 1.54) is 15.8 Å². The summed E-state index contributed by atoms with van der Waals surface area (Å²) in [7, 11) is 0. The zero-order valence-corrected chi connectivity index (χ0v) is 18.0. The predicted molar refractivity (Wildman–Crippen MR) is 120 cm³/mol. The molecule has 4 aromatic rings. The molecule has 3 nitrogen and oxygen atoms in total. The van der Waals surface area contributed by atoms with Crippen LogP contribution in [0.25, 0.3) is 10.1 Å². The monoisotopic (exact) mass is 423 g/mol. The standard InChI is InChI=1S/C24H22ClNO2S/c1-3-18-12-26-24(25)22-19(15-29-23(18)22)14-28-21-9-5-8-20(11-21)27-13-17-7-4-6-16(2)10-17/h4-12,15H,3,13-14H2,1-2H3. The molecule has 0 saturated heterocycles. The van der Waals surface area contributed by atoms with Crippen LogP contribution in [0.5, 0.6) is 11.5 Å². The average Bonchev–Trinajstić information content (AvgIpc) is 3.17. The Morgan fingerprint density at radius 1 is 0.966 bits per heavy atom. The second-order valence-electron chi connectivity index (χ2n) is 6.93. The minimum absolute atomic E-state index is 0.440. The highest BCUT2D eigenvalue weighted by Crippen LogP contribution is 2.34. The molecule has 0 radical (unpaired) electrons. The van der Waals surface area contributed by atoms with Gasteiger partial charge in [-0.25, -0.2) is 4.98 Å². The smallest absolute Gasteiger partial charge is 0.138 e. The number of thiophene rings is 1. The molecule has 0 bridgehead atoms. The lowest BCUT2D eigenvalue weighted by atomic mass is 10.1. The van der Waals surface area contributed by atoms with Crippen LogP contribution in [0.4, 0.5) is 0 Å². The van der Waals surface area contributed by atoms with Crippen molar-refractivity contribution in [2.24, 2.45) is 0 Å². The van der Waals surface area contributed by atoms with E-state index in [4.69, 9.17) is 21.1 Å². The second-order valence-corrected chi connectivity index (χ2v) is 8.17. The minimum Gasteiger partial charge on any atom is -0.489 e. The summed E-state index contributed by atoms with van der Waals surface area (Å²) < 4.78 is 13.2. The van der Waals surface area contributed by atoms with Gasteiger partial charge in [0.2, 0.25) is 0 Å². The molecule has 0 atom stereocenters. The SMILES string of the molecule is CCc1cnc(Cl)c2c(COc3cccc(OCc4cccc(C)c4)c3)csc12. The number of hydrogen-bond donors (Lipinski definition) is 0. The maximum atomic E-state index is 6.37. The van der Waals surface area contributed by atoms with Crippen molar-refractivity contribution in [1.82, 2.24) is 4.98 Å². The Hall–Kier alpha value is -2.56. The number of rotatable bonds is 7. The van der Waals surface area contributed by atoms with Crippen molar-refractivity contribution in [3.63, 3.8) is 0 Å². The van der Waals surface area contributed by atoms with Crippen molar-refractivity contribution in [3.8, 4) is 11.5 Å². The third-order valence-electron chi connectivity index (χ3n) is 4.77. The molecule has 2 aromatic carbocycles. The summed E-state index contributed by atoms with van der Waals surface area (Å²) in [4.78, 5) is 4.34. The summed E-state index contributed by atoms with van der Waals surface area (Å²) in [6.45, 7) is 5.18. The van der Waals surface area contributed by atoms with E-state index in [1.807, 2.05) is 36.5 Å². The molecule has 2 heterocycles. The molecule has 0 amide bonds. The molecule has 0 unspecified atom stereocenters. The molecule has 0 aliphatic rings. The van der Waals surface area contributed by atoms with Crippen LogP contribution < -0.4 is 9.47 Å². The molecule has 29 heavy (non-hydrogen) atoms. The first-order valence-corrected chi connectivity index (χ1v) is 10.8. The summed E-state index contributed by atoms with van der Waals surface area (Å²) in [5.74, 6) is 1.55. The molecule has 0 saturated carbocycles. The summed E-state index contributed by atoms with van der Waals surface area (Å²) in [6.07, 6.45) is 2.79. The molecule has 4 rings (SSSR count). The van der Waals surface area contributed by atoms with Gasteiger partial charge in [-0.3, -0.25) is 0 Å². The Bertz CT molecular complexity index is 1140. The minimum atomic E-state index is 0.440. The lowest BCUT2D eigenvalue weighted by Crippen LogP contribution is -1.98. The Balaban J connectivity index is 1.45. The zero-order chi connectivity index (χ0) is 20.2. The summed E-state index contributed by atoms with van der Waals surface area (Å²) in [5, 5.41) is 3.64. The predicted octanol–water partition coefficient (Wildman–Crippen LogP) is 6.98. The fourth-order valence-electron chi connectivity index (χ4n) is 3.26. The van der Waals surface area contributed by atoms with E-state index in [0.717, 1.165) is 34.4 Å². The molecule has 148 valence electrons. The van der Waals surface area contributed by atoms with Gasteiger partial charge in [-0.05, 0) is 42.0 Å². The van der Waals surface area contributed by atoms with Crippen molar-refractivity contribution >= 4 is 33.0 Å². The topological polar surface area (TPSA) is 31.4 Å². The van der Waals surface area contributed by atoms with E-state index in [0.29, 0.717) is 18.4 Å². The van der Waals surface area contributed by atoms with Crippen molar-refractivity contribution in [1.29, 1.82) is 0 Å². The van der Waals surface area contributed by atoms with Crippen molar-refractivity contribution in [3.05, 3.63) is 87.5 Å². The highest BCUT2D eigenvalue weighted by molar-refractivity contribution is 7.17. The maximum Gasteiger partial charge on any atom is 0.138 e. The quantitative estimate of drug-likeness (QED) is 0.300. The molecule has 0 N–H and O–H groups in total. The third kappa shape index (κ3) is 4.55. The van der Waals surface area contributed by atoms with Crippen LogP contribution in [0.3, 0.4) is 0 Å². The highest BCUT2D eigenvalue weighted by atomic mass is 35.5. The van der Waals surface area contributed by atoms with Gasteiger partial charge in [0, 0.05) is 27.9 Å². The molecule has 0 spiro atoms. The van der Waals surface area contributed by atoms with Crippen molar-refractivity contribution in [2.45, 2.75) is 33.5 Å². The van der Waals surface area contributed by atoms with E-state index in [2.05, 4.69) is 42.4 Å². The van der Waals surface area contributed by atoms with Gasteiger partial charge in [0.15, 0.2) is 0 Å². The fourth-order valence-corrected chi connectivity index (χ4v) is 4.72. The van der Waals surface area contributed by atoms with E-state index >= 15 is 0 Å². The number of aryl methyl sites for hydroxylation is 2. The number of pyridine rings is 1. The summed E-state index contributed by atoms with van der Waals surface area (Å²) in [6, 6.07) is 16.1. The van der Waals surface area contributed by atoms with Crippen LogP contribution in [0, 0.1) is 6.92 Å². The van der Waals surface area contributed by atoms with E-state index in [9.17, 15) is 0 Å². The number of benzene rings is 2. The largest absolute Gasteiger partial charge is 0.489 e. The zero-order valence-electron chi connectivity index (χ0n) is 16.4. The number of nitrogens with zero attached hydrogens (tertiary/aromatic N) is 1. The van der Waals surface area contributed by atoms with E-state index in [-0.39, 0.29) is 0 Å². The van der Waals surface area contributed by atoms with Crippen LogP contribution in [0.15, 0.2) is 60.1 Å². The lowest BCUT2D eigenvalue weighted by Gasteiger charge is -2.10. The van der Waals surface area contributed by atoms with Crippen LogP contribution in [-0.2, 0) is 19.6 Å². The van der Waals surface area contributed by atoms with Gasteiger partial charge in [-0.1, -0.05) is 54.4 Å². The Labute approximate surface area is 179 Å². The molecule has 0 aliphatic carbocycles. The maximum absolute atomic E-state index is 6.37. The lowest BCUT2D eigenvalue weighted by molar-refractivity contribution is 0.291. The van der Waals surface area contributed by atoms with Gasteiger partial charge >= 0.3 is 0 Å². The number of ether oxygens (including phenoxy) is 2. The van der Waals surface area contributed by atoms with Gasteiger partial charge in [-0.15, -0.1) is 11.3 Å². The highest BCUT2D eigenvalue weighted by Gasteiger charge is 2.13. The number of aromatic nitrogens is 1. The van der Waals surface area contributed by atoms with Gasteiger partial charge in [-0.2, -0.15) is 0 Å². The van der Waals surface area contributed by atoms with Crippen molar-refractivity contribution < 1.29 is 9.47 Å². The second kappa shape index (κ2) is 8.85. The third-order valence-corrected chi connectivity index (χ3v) is 6.16. The molecule has 0 fully saturated rings. The molecular formula is C24H22ClNO2S. The Kier molecular flexibility index (Phi) is 6.02. The number of fused-ring (bicyclic) bond motifs is 1. The van der Waals surface area contributed by atoms with Crippen LogP contribution in [0.1, 0.15) is 29.2 Å². The normalized spacial score (nSPS) is 11.0. The number of hydrogen-bond acceptors (Lipinski definition) is 4. The molecular weight excluding hydrogens is 402 g/mol. The van der Waals surface area contributed by atoms with E-state index < -0.39 is 0 Å². The van der Waals surface area contributed by atoms with Gasteiger partial charge in [0.1, 0.15) is 29.9 Å². The molecule has 0 aliphatic heterocycles. The van der Waals surface area contributed by atoms with Crippen LogP contribution in [-0.4, -0.2) is 4.98 Å². The first-order valence-electron chi connectivity index (χ1n) is 9.58. The number of halogens is 1.